The molecule has 0 saturated carbocycles. The van der Waals surface area contributed by atoms with E-state index >= 15 is 0 Å². The standard InChI is InChI=1S/C9H15N3OS/c1-7(9-5-10-6-14-9)11-3-4-12-8(2)13/h5-7,11H,3-4H2,1-2H3,(H,12,13). The Morgan fingerprint density at radius 2 is 2.43 bits per heavy atom. The molecule has 0 aliphatic carbocycles. The van der Waals surface area contributed by atoms with Gasteiger partial charge in [0.1, 0.15) is 0 Å². The predicted molar refractivity (Wildman–Crippen MR) is 57.2 cm³/mol. The number of hydrogen-bond acceptors (Lipinski definition) is 4. The van der Waals surface area contributed by atoms with Gasteiger partial charge in [-0.1, -0.05) is 0 Å². The molecule has 0 aliphatic rings. The largest absolute Gasteiger partial charge is 0.355 e. The molecule has 4 nitrogen and oxygen atoms in total. The van der Waals surface area contributed by atoms with E-state index in [1.165, 1.54) is 11.8 Å². The van der Waals surface area contributed by atoms with Crippen LogP contribution in [0.15, 0.2) is 11.7 Å². The first kappa shape index (κ1) is 11.1. The van der Waals surface area contributed by atoms with Gasteiger partial charge in [0.15, 0.2) is 0 Å². The summed E-state index contributed by atoms with van der Waals surface area (Å²) in [4.78, 5) is 15.8. The van der Waals surface area contributed by atoms with Crippen LogP contribution < -0.4 is 10.6 Å². The van der Waals surface area contributed by atoms with Crippen molar-refractivity contribution in [3.63, 3.8) is 0 Å². The molecule has 1 heterocycles. The second kappa shape index (κ2) is 5.72. The number of carbonyl (C=O) groups is 1. The summed E-state index contributed by atoms with van der Waals surface area (Å²) in [7, 11) is 0. The molecule has 14 heavy (non-hydrogen) atoms. The number of carbonyl (C=O) groups excluding carboxylic acids is 1. The number of hydrogen-bond donors (Lipinski definition) is 2. The van der Waals surface area contributed by atoms with Crippen molar-refractivity contribution in [3.05, 3.63) is 16.6 Å². The van der Waals surface area contributed by atoms with Gasteiger partial charge in [-0.25, -0.2) is 0 Å². The lowest BCUT2D eigenvalue weighted by Crippen LogP contribution is -2.31. The number of nitrogens with one attached hydrogen (secondary N) is 2. The summed E-state index contributed by atoms with van der Waals surface area (Å²) >= 11 is 1.63. The Kier molecular flexibility index (Phi) is 4.55. The van der Waals surface area contributed by atoms with Crippen molar-refractivity contribution in [1.29, 1.82) is 0 Å². The van der Waals surface area contributed by atoms with E-state index < -0.39 is 0 Å². The molecule has 0 radical (unpaired) electrons. The summed E-state index contributed by atoms with van der Waals surface area (Å²) in [6.07, 6.45) is 1.86. The molecule has 1 unspecified atom stereocenters. The molecule has 0 aromatic carbocycles. The van der Waals surface area contributed by atoms with Gasteiger partial charge in [-0.15, -0.1) is 11.3 Å². The van der Waals surface area contributed by atoms with Crippen molar-refractivity contribution < 1.29 is 4.79 Å². The number of amides is 1. The van der Waals surface area contributed by atoms with Crippen LogP contribution in [-0.4, -0.2) is 24.0 Å². The zero-order chi connectivity index (χ0) is 10.4. The monoisotopic (exact) mass is 213 g/mol. The fourth-order valence-corrected chi connectivity index (χ4v) is 1.72. The Labute approximate surface area is 87.7 Å². The molecule has 1 amide bonds. The number of thiazole rings is 1. The minimum Gasteiger partial charge on any atom is -0.355 e. The van der Waals surface area contributed by atoms with Crippen LogP contribution in [0, 0.1) is 0 Å². The summed E-state index contributed by atoms with van der Waals surface area (Å²) in [5, 5.41) is 6.03. The molecule has 0 aliphatic heterocycles. The van der Waals surface area contributed by atoms with Crippen LogP contribution in [0.3, 0.4) is 0 Å². The lowest BCUT2D eigenvalue weighted by Gasteiger charge is -2.11. The Hall–Kier alpha value is -0.940. The van der Waals surface area contributed by atoms with Gasteiger partial charge in [0.2, 0.25) is 5.91 Å². The van der Waals surface area contributed by atoms with E-state index in [2.05, 4.69) is 22.5 Å². The Morgan fingerprint density at radius 1 is 1.64 bits per heavy atom. The molecule has 0 fully saturated rings. The van der Waals surface area contributed by atoms with Crippen molar-refractivity contribution in [2.24, 2.45) is 0 Å². The average molecular weight is 213 g/mol. The van der Waals surface area contributed by atoms with Crippen LogP contribution >= 0.6 is 11.3 Å². The van der Waals surface area contributed by atoms with Crippen molar-refractivity contribution in [2.75, 3.05) is 13.1 Å². The normalized spacial score (nSPS) is 12.4. The highest BCUT2D eigenvalue weighted by Gasteiger charge is 2.04. The van der Waals surface area contributed by atoms with E-state index in [0.29, 0.717) is 12.6 Å². The molecule has 5 heteroatoms. The average Bonchev–Trinajstić information content (AvgIpc) is 2.64. The quantitative estimate of drug-likeness (QED) is 0.715. The molecule has 1 rings (SSSR count). The van der Waals surface area contributed by atoms with Crippen molar-refractivity contribution >= 4 is 17.2 Å². The first-order valence-corrected chi connectivity index (χ1v) is 5.44. The highest BCUT2D eigenvalue weighted by atomic mass is 32.1. The SMILES string of the molecule is CC(=O)NCCNC(C)c1cncs1. The van der Waals surface area contributed by atoms with Crippen LogP contribution in [0.4, 0.5) is 0 Å². The van der Waals surface area contributed by atoms with Gasteiger partial charge in [-0.2, -0.15) is 0 Å². The molecule has 2 N–H and O–H groups in total. The highest BCUT2D eigenvalue weighted by Crippen LogP contribution is 2.15. The predicted octanol–water partition coefficient (Wildman–Crippen LogP) is 0.930. The van der Waals surface area contributed by atoms with Crippen molar-refractivity contribution in [3.8, 4) is 0 Å². The Balaban J connectivity index is 2.16. The van der Waals surface area contributed by atoms with Crippen LogP contribution in [-0.2, 0) is 4.79 Å². The van der Waals surface area contributed by atoms with E-state index in [-0.39, 0.29) is 5.91 Å². The van der Waals surface area contributed by atoms with Crippen LogP contribution in [0.25, 0.3) is 0 Å². The fourth-order valence-electron chi connectivity index (χ4n) is 1.07. The van der Waals surface area contributed by atoms with Gasteiger partial charge in [0.05, 0.1) is 5.51 Å². The summed E-state index contributed by atoms with van der Waals surface area (Å²) < 4.78 is 0. The summed E-state index contributed by atoms with van der Waals surface area (Å²) in [5.74, 6) is 0.0113. The van der Waals surface area contributed by atoms with Crippen LogP contribution in [0.2, 0.25) is 0 Å². The lowest BCUT2D eigenvalue weighted by molar-refractivity contribution is -0.118. The second-order valence-corrected chi connectivity index (χ2v) is 3.98. The molecule has 0 saturated heterocycles. The third-order valence-electron chi connectivity index (χ3n) is 1.83. The van der Waals surface area contributed by atoms with E-state index in [1.54, 1.807) is 11.3 Å². The number of nitrogens with zero attached hydrogens (tertiary/aromatic N) is 1. The number of aromatic nitrogens is 1. The molecule has 1 aromatic rings. The molecule has 1 aromatic heterocycles. The molecular formula is C9H15N3OS. The first-order valence-electron chi connectivity index (χ1n) is 4.56. The minimum absolute atomic E-state index is 0.0113. The zero-order valence-electron chi connectivity index (χ0n) is 8.41. The van der Waals surface area contributed by atoms with Gasteiger partial charge in [0, 0.05) is 37.1 Å². The third kappa shape index (κ3) is 3.85. The highest BCUT2D eigenvalue weighted by molar-refractivity contribution is 7.09. The van der Waals surface area contributed by atoms with Crippen molar-refractivity contribution in [1.82, 2.24) is 15.6 Å². The minimum atomic E-state index is 0.0113. The second-order valence-electron chi connectivity index (χ2n) is 3.06. The first-order chi connectivity index (χ1) is 6.70. The van der Waals surface area contributed by atoms with Crippen LogP contribution in [0.5, 0.6) is 0 Å². The molecule has 0 spiro atoms. The van der Waals surface area contributed by atoms with E-state index in [0.717, 1.165) is 6.54 Å². The Morgan fingerprint density at radius 3 is 3.00 bits per heavy atom. The van der Waals surface area contributed by atoms with E-state index in [9.17, 15) is 4.79 Å². The molecule has 78 valence electrons. The smallest absolute Gasteiger partial charge is 0.216 e. The topological polar surface area (TPSA) is 54.0 Å². The summed E-state index contributed by atoms with van der Waals surface area (Å²) in [5.41, 5.74) is 1.82. The van der Waals surface area contributed by atoms with E-state index in [1.807, 2.05) is 11.7 Å². The maximum absolute atomic E-state index is 10.6. The van der Waals surface area contributed by atoms with Gasteiger partial charge in [0.25, 0.3) is 0 Å². The van der Waals surface area contributed by atoms with Gasteiger partial charge < -0.3 is 10.6 Å². The van der Waals surface area contributed by atoms with Crippen LogP contribution in [0.1, 0.15) is 24.8 Å². The maximum atomic E-state index is 10.6. The molecular weight excluding hydrogens is 198 g/mol. The fraction of sp³-hybridized carbons (Fsp3) is 0.556. The zero-order valence-corrected chi connectivity index (χ0v) is 9.23. The van der Waals surface area contributed by atoms with Crippen molar-refractivity contribution in [2.45, 2.75) is 19.9 Å². The summed E-state index contributed by atoms with van der Waals surface area (Å²) in [6, 6.07) is 0.302. The summed E-state index contributed by atoms with van der Waals surface area (Å²) in [6.45, 7) is 5.05. The molecule has 0 bridgehead atoms. The molecule has 1 atom stereocenters. The lowest BCUT2D eigenvalue weighted by atomic mass is 10.3. The van der Waals surface area contributed by atoms with Gasteiger partial charge >= 0.3 is 0 Å². The number of rotatable bonds is 5. The van der Waals surface area contributed by atoms with E-state index in [4.69, 9.17) is 0 Å². The van der Waals surface area contributed by atoms with Gasteiger partial charge in [-0.05, 0) is 6.92 Å². The maximum Gasteiger partial charge on any atom is 0.216 e. The Bertz CT molecular complexity index is 274. The third-order valence-corrected chi connectivity index (χ3v) is 2.79. The van der Waals surface area contributed by atoms with Gasteiger partial charge in [-0.3, -0.25) is 9.78 Å².